The average Bonchev–Trinajstić information content (AvgIpc) is 3.03. The van der Waals surface area contributed by atoms with Crippen LogP contribution in [-0.2, 0) is 0 Å². The summed E-state index contributed by atoms with van der Waals surface area (Å²) in [6, 6.07) is 5.18. The fourth-order valence-electron chi connectivity index (χ4n) is 1.68. The molecule has 1 aliphatic heterocycles. The van der Waals surface area contributed by atoms with Gasteiger partial charge in [0.15, 0.2) is 17.3 Å². The summed E-state index contributed by atoms with van der Waals surface area (Å²) >= 11 is 1.28. The van der Waals surface area contributed by atoms with E-state index in [2.05, 4.69) is 4.98 Å². The summed E-state index contributed by atoms with van der Waals surface area (Å²) in [5.41, 5.74) is 1.40. The van der Waals surface area contributed by atoms with Crippen LogP contribution >= 0.6 is 11.8 Å². The van der Waals surface area contributed by atoms with Crippen LogP contribution in [-0.4, -0.2) is 23.3 Å². The maximum atomic E-state index is 12.0. The van der Waals surface area contributed by atoms with Crippen LogP contribution < -0.4 is 9.47 Å². The molecule has 2 heterocycles. The Bertz CT molecular complexity index is 623. The number of aromatic nitrogens is 1. The van der Waals surface area contributed by atoms with Gasteiger partial charge in [-0.05, 0) is 25.1 Å². The van der Waals surface area contributed by atoms with Crippen molar-refractivity contribution in [3.8, 4) is 11.5 Å². The summed E-state index contributed by atoms with van der Waals surface area (Å²) in [5, 5.41) is 0.506. The Morgan fingerprint density at radius 3 is 3.00 bits per heavy atom. The van der Waals surface area contributed by atoms with Crippen molar-refractivity contribution in [3.63, 3.8) is 0 Å². The molecule has 0 radical (unpaired) electrons. The summed E-state index contributed by atoms with van der Waals surface area (Å²) in [6.45, 7) is 2.05. The molecule has 0 amide bonds. The van der Waals surface area contributed by atoms with E-state index < -0.39 is 0 Å². The van der Waals surface area contributed by atoms with Gasteiger partial charge in [0.05, 0.1) is 11.4 Å². The number of hydrogen-bond donors (Lipinski definition) is 0. The van der Waals surface area contributed by atoms with Crippen LogP contribution in [0.2, 0.25) is 0 Å². The minimum atomic E-state index is -0.000784. The van der Waals surface area contributed by atoms with Crippen molar-refractivity contribution < 1.29 is 18.7 Å². The molecule has 0 fully saturated rings. The van der Waals surface area contributed by atoms with Gasteiger partial charge in [-0.1, -0.05) is 11.8 Å². The molecule has 3 rings (SSSR count). The molecule has 98 valence electrons. The minimum absolute atomic E-state index is 0.000784. The molecule has 0 aliphatic carbocycles. The van der Waals surface area contributed by atoms with Crippen molar-refractivity contribution >= 4 is 17.5 Å². The van der Waals surface area contributed by atoms with Gasteiger partial charge in [0, 0.05) is 5.56 Å². The van der Waals surface area contributed by atoms with Crippen molar-refractivity contribution in [3.05, 3.63) is 35.7 Å². The van der Waals surface area contributed by atoms with Crippen LogP contribution in [0.4, 0.5) is 0 Å². The maximum absolute atomic E-state index is 12.0. The van der Waals surface area contributed by atoms with Gasteiger partial charge in [0.2, 0.25) is 6.79 Å². The van der Waals surface area contributed by atoms with Crippen LogP contribution in [0.5, 0.6) is 11.5 Å². The van der Waals surface area contributed by atoms with Crippen LogP contribution in [0.25, 0.3) is 0 Å². The summed E-state index contributed by atoms with van der Waals surface area (Å²) in [7, 11) is 0. The minimum Gasteiger partial charge on any atom is -0.454 e. The molecule has 1 aliphatic rings. The van der Waals surface area contributed by atoms with E-state index in [4.69, 9.17) is 13.9 Å². The Morgan fingerprint density at radius 2 is 2.21 bits per heavy atom. The van der Waals surface area contributed by atoms with Gasteiger partial charge in [0.1, 0.15) is 6.26 Å². The van der Waals surface area contributed by atoms with Crippen molar-refractivity contribution in [2.75, 3.05) is 12.5 Å². The highest BCUT2D eigenvalue weighted by Crippen LogP contribution is 2.33. The van der Waals surface area contributed by atoms with Gasteiger partial charge in [-0.2, -0.15) is 0 Å². The molecule has 0 atom stereocenters. The molecule has 0 saturated heterocycles. The highest BCUT2D eigenvalue weighted by Gasteiger charge is 2.16. The van der Waals surface area contributed by atoms with E-state index in [1.54, 1.807) is 24.5 Å². The number of hydrogen-bond acceptors (Lipinski definition) is 6. The molecule has 0 spiro atoms. The number of carbonyl (C=O) groups is 1. The first-order chi connectivity index (χ1) is 9.22. The molecule has 0 unspecified atom stereocenters. The Kier molecular flexibility index (Phi) is 3.16. The normalized spacial score (nSPS) is 12.7. The molecule has 6 heteroatoms. The lowest BCUT2D eigenvalue weighted by molar-refractivity contribution is 0.102. The van der Waals surface area contributed by atoms with Gasteiger partial charge in [0.25, 0.3) is 5.22 Å². The zero-order valence-electron chi connectivity index (χ0n) is 10.2. The number of nitrogens with zero attached hydrogens (tertiary/aromatic N) is 1. The fraction of sp³-hybridized carbons (Fsp3) is 0.231. The quantitative estimate of drug-likeness (QED) is 0.632. The molecule has 2 aromatic rings. The number of ether oxygens (including phenoxy) is 2. The third-order valence-electron chi connectivity index (χ3n) is 2.62. The Morgan fingerprint density at radius 1 is 1.37 bits per heavy atom. The van der Waals surface area contributed by atoms with Gasteiger partial charge in [-0.25, -0.2) is 4.98 Å². The highest BCUT2D eigenvalue weighted by atomic mass is 32.2. The Labute approximate surface area is 113 Å². The summed E-state index contributed by atoms with van der Waals surface area (Å²) in [6.07, 6.45) is 1.56. The number of rotatable bonds is 4. The molecule has 0 saturated carbocycles. The van der Waals surface area contributed by atoms with E-state index in [1.807, 2.05) is 6.92 Å². The van der Waals surface area contributed by atoms with Gasteiger partial charge < -0.3 is 13.9 Å². The average molecular weight is 277 g/mol. The number of fused-ring (bicyclic) bond motifs is 1. The number of carbonyl (C=O) groups excluding carboxylic acids is 1. The number of oxazole rings is 1. The highest BCUT2D eigenvalue weighted by molar-refractivity contribution is 7.99. The van der Waals surface area contributed by atoms with Crippen LogP contribution in [0.1, 0.15) is 16.1 Å². The largest absolute Gasteiger partial charge is 0.454 e. The first kappa shape index (κ1) is 12.1. The molecule has 0 bridgehead atoms. The maximum Gasteiger partial charge on any atom is 0.256 e. The van der Waals surface area contributed by atoms with E-state index in [1.165, 1.54) is 11.8 Å². The second kappa shape index (κ2) is 4.97. The van der Waals surface area contributed by atoms with E-state index in [0.717, 1.165) is 5.69 Å². The standard InChI is InChI=1S/C13H11NO4S/c1-8-5-16-13(14-8)19-6-10(15)9-2-3-11-12(4-9)18-7-17-11/h2-5H,6-7H2,1H3. The molecule has 1 aromatic heterocycles. The van der Waals surface area contributed by atoms with Crippen molar-refractivity contribution in [2.45, 2.75) is 12.1 Å². The van der Waals surface area contributed by atoms with Crippen molar-refractivity contribution in [1.29, 1.82) is 0 Å². The van der Waals surface area contributed by atoms with Crippen LogP contribution in [0.3, 0.4) is 0 Å². The predicted molar refractivity (Wildman–Crippen MR) is 68.9 cm³/mol. The number of aryl methyl sites for hydroxylation is 1. The van der Waals surface area contributed by atoms with Gasteiger partial charge >= 0.3 is 0 Å². The summed E-state index contributed by atoms with van der Waals surface area (Å²) in [5.74, 6) is 1.56. The van der Waals surface area contributed by atoms with E-state index in [9.17, 15) is 4.79 Å². The zero-order chi connectivity index (χ0) is 13.2. The lowest BCUT2D eigenvalue weighted by Gasteiger charge is -2.01. The monoisotopic (exact) mass is 277 g/mol. The summed E-state index contributed by atoms with van der Waals surface area (Å²) < 4.78 is 15.6. The fourth-order valence-corrected chi connectivity index (χ4v) is 2.43. The first-order valence-corrected chi connectivity index (χ1v) is 6.69. The Hall–Kier alpha value is -1.95. The number of thioether (sulfide) groups is 1. The smallest absolute Gasteiger partial charge is 0.256 e. The molecular weight excluding hydrogens is 266 g/mol. The van der Waals surface area contributed by atoms with Gasteiger partial charge in [-0.15, -0.1) is 0 Å². The van der Waals surface area contributed by atoms with Crippen LogP contribution in [0, 0.1) is 6.92 Å². The molecular formula is C13H11NO4S. The van der Waals surface area contributed by atoms with E-state index in [-0.39, 0.29) is 18.3 Å². The van der Waals surface area contributed by atoms with Crippen LogP contribution in [0.15, 0.2) is 34.1 Å². The van der Waals surface area contributed by atoms with Crippen molar-refractivity contribution in [2.24, 2.45) is 0 Å². The SMILES string of the molecule is Cc1coc(SCC(=O)c2ccc3c(c2)OCO3)n1. The Balaban J connectivity index is 1.67. The van der Waals surface area contributed by atoms with Gasteiger partial charge in [-0.3, -0.25) is 4.79 Å². The molecule has 5 nitrogen and oxygen atoms in total. The number of benzene rings is 1. The second-order valence-corrected chi connectivity index (χ2v) is 4.96. The topological polar surface area (TPSA) is 61.6 Å². The third-order valence-corrected chi connectivity index (χ3v) is 3.46. The molecule has 19 heavy (non-hydrogen) atoms. The summed E-state index contributed by atoms with van der Waals surface area (Å²) in [4.78, 5) is 16.2. The lowest BCUT2D eigenvalue weighted by Crippen LogP contribution is -2.02. The first-order valence-electron chi connectivity index (χ1n) is 5.70. The zero-order valence-corrected chi connectivity index (χ0v) is 11.0. The van der Waals surface area contributed by atoms with Crippen molar-refractivity contribution in [1.82, 2.24) is 4.98 Å². The number of Topliss-reactive ketones (excluding diaryl/α,β-unsaturated/α-hetero) is 1. The number of ketones is 1. The lowest BCUT2D eigenvalue weighted by atomic mass is 10.1. The molecule has 1 aromatic carbocycles. The van der Waals surface area contributed by atoms with E-state index >= 15 is 0 Å². The second-order valence-electron chi connectivity index (χ2n) is 4.03. The van der Waals surface area contributed by atoms with E-state index in [0.29, 0.717) is 22.3 Å². The molecule has 0 N–H and O–H groups in total. The predicted octanol–water partition coefficient (Wildman–Crippen LogP) is 2.69. The third kappa shape index (κ3) is 2.58.